The van der Waals surface area contributed by atoms with Gasteiger partial charge in [-0.2, -0.15) is 0 Å². The number of fused-ring (bicyclic) bond motifs is 2. The summed E-state index contributed by atoms with van der Waals surface area (Å²) in [5.41, 5.74) is 6.15. The topological polar surface area (TPSA) is 21.7 Å². The van der Waals surface area contributed by atoms with E-state index in [0.717, 1.165) is 35.6 Å². The molecule has 2 aliphatic rings. The monoisotopic (exact) mass is 477 g/mol. The minimum atomic E-state index is -0.109. The Kier molecular flexibility index (Phi) is 5.75. The van der Waals surface area contributed by atoms with Gasteiger partial charge in [-0.05, 0) is 102 Å². The molecule has 3 nitrogen and oxygen atoms in total. The van der Waals surface area contributed by atoms with E-state index >= 15 is 0 Å². The number of methoxy groups -OCH3 is 1. The molecule has 4 aromatic carbocycles. The van der Waals surface area contributed by atoms with Gasteiger partial charge in [0.15, 0.2) is 0 Å². The first kappa shape index (κ1) is 21.9. The summed E-state index contributed by atoms with van der Waals surface area (Å²) in [6.07, 6.45) is 7.03. The van der Waals surface area contributed by atoms with E-state index in [9.17, 15) is 0 Å². The van der Waals surface area contributed by atoms with Crippen molar-refractivity contribution in [3.8, 4) is 5.75 Å². The lowest BCUT2D eigenvalue weighted by Crippen LogP contribution is -2.37. The van der Waals surface area contributed by atoms with Crippen molar-refractivity contribution in [2.45, 2.75) is 31.7 Å². The number of benzene rings is 4. The Bertz CT molecular complexity index is 1440. The zero-order valence-corrected chi connectivity index (χ0v) is 20.6. The van der Waals surface area contributed by atoms with E-state index in [4.69, 9.17) is 21.7 Å². The average Bonchev–Trinajstić information content (AvgIpc) is 2.92. The van der Waals surface area contributed by atoms with Crippen LogP contribution in [0.1, 0.15) is 41.1 Å². The lowest BCUT2D eigenvalue weighted by atomic mass is 9.89. The molecule has 1 unspecified atom stereocenters. The van der Waals surface area contributed by atoms with E-state index in [-0.39, 0.29) is 6.04 Å². The van der Waals surface area contributed by atoms with Crippen molar-refractivity contribution in [1.82, 2.24) is 0 Å². The van der Waals surface area contributed by atoms with E-state index in [1.54, 1.807) is 7.11 Å². The van der Waals surface area contributed by atoms with E-state index in [0.29, 0.717) is 5.17 Å². The maximum absolute atomic E-state index is 6.34. The Balaban J connectivity index is 1.50. The van der Waals surface area contributed by atoms with Crippen LogP contribution in [0.5, 0.6) is 5.75 Å². The van der Waals surface area contributed by atoms with Crippen molar-refractivity contribution in [2.75, 3.05) is 12.0 Å². The van der Waals surface area contributed by atoms with E-state index in [1.165, 1.54) is 40.3 Å². The van der Waals surface area contributed by atoms with Crippen LogP contribution < -0.4 is 9.64 Å². The van der Waals surface area contributed by atoms with E-state index in [1.807, 2.05) is 24.3 Å². The molecule has 0 bridgehead atoms. The fourth-order valence-electron chi connectivity index (χ4n) is 5.30. The molecular formula is C31H27NO2S. The number of thiocarbonyl (C=S) groups is 1. The van der Waals surface area contributed by atoms with Crippen LogP contribution in [-0.4, -0.2) is 12.3 Å². The third-order valence-corrected chi connectivity index (χ3v) is 7.39. The molecule has 6 rings (SSSR count). The summed E-state index contributed by atoms with van der Waals surface area (Å²) in [7, 11) is 1.68. The lowest BCUT2D eigenvalue weighted by molar-refractivity contribution is 0.414. The van der Waals surface area contributed by atoms with Crippen molar-refractivity contribution < 1.29 is 9.47 Å². The Labute approximate surface area is 211 Å². The number of rotatable bonds is 4. The van der Waals surface area contributed by atoms with Crippen molar-refractivity contribution in [2.24, 2.45) is 0 Å². The first-order chi connectivity index (χ1) is 17.2. The minimum absolute atomic E-state index is 0.109. The first-order valence-electron chi connectivity index (χ1n) is 12.2. The lowest BCUT2D eigenvalue weighted by Gasteiger charge is -2.37. The fourth-order valence-corrected chi connectivity index (χ4v) is 5.61. The summed E-state index contributed by atoms with van der Waals surface area (Å²) >= 11 is 5.90. The molecule has 0 amide bonds. The van der Waals surface area contributed by atoms with Gasteiger partial charge in [0.05, 0.1) is 13.2 Å². The quantitative estimate of drug-likeness (QED) is 0.282. The molecular weight excluding hydrogens is 450 g/mol. The van der Waals surface area contributed by atoms with Crippen LogP contribution in [0, 0.1) is 0 Å². The number of hydrogen-bond acceptors (Lipinski definition) is 3. The summed E-state index contributed by atoms with van der Waals surface area (Å²) in [6.45, 7) is 0. The molecule has 0 saturated carbocycles. The summed E-state index contributed by atoms with van der Waals surface area (Å²) in [5, 5.41) is 2.87. The number of nitrogens with zero attached hydrogens (tertiary/aromatic N) is 1. The van der Waals surface area contributed by atoms with Crippen molar-refractivity contribution >= 4 is 39.6 Å². The average molecular weight is 478 g/mol. The van der Waals surface area contributed by atoms with E-state index in [2.05, 4.69) is 71.6 Å². The second kappa shape index (κ2) is 9.20. The van der Waals surface area contributed by atoms with Gasteiger partial charge >= 0.3 is 0 Å². The van der Waals surface area contributed by atoms with Gasteiger partial charge in [0.2, 0.25) is 0 Å². The van der Waals surface area contributed by atoms with Gasteiger partial charge in [0, 0.05) is 11.3 Å². The van der Waals surface area contributed by atoms with Gasteiger partial charge in [-0.15, -0.1) is 0 Å². The molecule has 1 aliphatic heterocycles. The van der Waals surface area contributed by atoms with Gasteiger partial charge < -0.3 is 9.47 Å². The van der Waals surface area contributed by atoms with Crippen molar-refractivity contribution in [3.63, 3.8) is 0 Å². The normalized spacial score (nSPS) is 17.5. The molecule has 0 radical (unpaired) electrons. The number of ether oxygens (including phenoxy) is 2. The van der Waals surface area contributed by atoms with Gasteiger partial charge in [0.1, 0.15) is 11.5 Å². The van der Waals surface area contributed by atoms with Gasteiger partial charge in [0.25, 0.3) is 5.17 Å². The molecule has 1 atom stereocenters. The van der Waals surface area contributed by atoms with Crippen LogP contribution >= 0.6 is 12.2 Å². The molecule has 1 heterocycles. The number of anilines is 1. The fraction of sp³-hybridized carbons (Fsp3) is 0.194. The summed E-state index contributed by atoms with van der Waals surface area (Å²) in [5.74, 6) is 1.63. The van der Waals surface area contributed by atoms with Gasteiger partial charge in [-0.3, -0.25) is 4.90 Å². The Morgan fingerprint density at radius 3 is 2.46 bits per heavy atom. The molecule has 0 saturated heterocycles. The standard InChI is InChI=1S/C31H27NO2S/c1-33-26-17-15-25(16-18-26)32-29(28-12-6-10-22-8-4-5-11-27(22)28)20-30(34-31(32)35)24-14-13-21-7-2-3-9-23(21)19-24/h4-6,8,10-20,29H,2-3,7,9H2,1H3. The maximum Gasteiger partial charge on any atom is 0.270 e. The predicted octanol–water partition coefficient (Wildman–Crippen LogP) is 7.63. The molecule has 0 spiro atoms. The maximum atomic E-state index is 6.34. The molecule has 1 aliphatic carbocycles. The Hall–Kier alpha value is -3.63. The third kappa shape index (κ3) is 4.08. The highest BCUT2D eigenvalue weighted by molar-refractivity contribution is 7.80. The highest BCUT2D eigenvalue weighted by Crippen LogP contribution is 2.40. The van der Waals surface area contributed by atoms with Crippen LogP contribution in [0.3, 0.4) is 0 Å². The van der Waals surface area contributed by atoms with Crippen LogP contribution in [-0.2, 0) is 17.6 Å². The van der Waals surface area contributed by atoms with Gasteiger partial charge in [-0.25, -0.2) is 0 Å². The zero-order chi connectivity index (χ0) is 23.8. The summed E-state index contributed by atoms with van der Waals surface area (Å²) in [4.78, 5) is 2.10. The zero-order valence-electron chi connectivity index (χ0n) is 19.7. The second-order valence-electron chi connectivity index (χ2n) is 9.17. The molecule has 174 valence electrons. The third-order valence-electron chi connectivity index (χ3n) is 7.11. The molecule has 0 N–H and O–H groups in total. The highest BCUT2D eigenvalue weighted by atomic mass is 32.1. The second-order valence-corrected chi connectivity index (χ2v) is 9.52. The summed E-state index contributed by atoms with van der Waals surface area (Å²) in [6, 6.07) is 29.6. The van der Waals surface area contributed by atoms with E-state index < -0.39 is 0 Å². The van der Waals surface area contributed by atoms with Gasteiger partial charge in [-0.1, -0.05) is 54.6 Å². The van der Waals surface area contributed by atoms with Crippen LogP contribution in [0.25, 0.3) is 16.5 Å². The Morgan fingerprint density at radius 1 is 0.857 bits per heavy atom. The molecule has 4 aromatic rings. The Morgan fingerprint density at radius 2 is 1.63 bits per heavy atom. The SMILES string of the molecule is COc1ccc(N2C(=S)OC(c3ccc4c(c3)CCCC4)=CC2c2cccc3ccccc23)cc1. The van der Waals surface area contributed by atoms with Crippen LogP contribution in [0.4, 0.5) is 5.69 Å². The van der Waals surface area contributed by atoms with Crippen LogP contribution in [0.2, 0.25) is 0 Å². The largest absolute Gasteiger partial charge is 0.497 e. The molecule has 0 fully saturated rings. The molecule has 4 heteroatoms. The number of aryl methyl sites for hydroxylation is 2. The summed E-state index contributed by atoms with van der Waals surface area (Å²) < 4.78 is 11.7. The van der Waals surface area contributed by atoms with Crippen molar-refractivity contribution in [1.29, 1.82) is 0 Å². The molecule has 0 aromatic heterocycles. The predicted molar refractivity (Wildman–Crippen MR) is 147 cm³/mol. The smallest absolute Gasteiger partial charge is 0.270 e. The minimum Gasteiger partial charge on any atom is -0.497 e. The van der Waals surface area contributed by atoms with Crippen LogP contribution in [0.15, 0.2) is 91.0 Å². The van der Waals surface area contributed by atoms with Crippen molar-refractivity contribution in [3.05, 3.63) is 113 Å². The number of hydrogen-bond donors (Lipinski definition) is 0. The molecule has 35 heavy (non-hydrogen) atoms. The highest BCUT2D eigenvalue weighted by Gasteiger charge is 2.31. The first-order valence-corrected chi connectivity index (χ1v) is 12.6.